The maximum atomic E-state index is 13.2. The molecule has 0 atom stereocenters. The van der Waals surface area contributed by atoms with Gasteiger partial charge >= 0.3 is 40.2 Å². The standard InChI is InChI=1S/C22H18N4O3S.Na/c1-13-20-16(11-19(27)25(13)12-14-7-3-5-9-17(14)29-2)24-26(21(20)28)22-23-15-8-4-6-10-18(15)30-22;/h3-11,24H,12H2,1-2H3;/q;+1/p+1. The van der Waals surface area contributed by atoms with E-state index in [1.807, 2.05) is 48.5 Å². The number of nitrogens with one attached hydrogen (secondary N) is 2. The first-order valence-corrected chi connectivity index (χ1v) is 10.3. The summed E-state index contributed by atoms with van der Waals surface area (Å²) in [5.41, 5.74) is 2.58. The monoisotopic (exact) mass is 442 g/mol. The number of H-pyrrole nitrogens is 2. The van der Waals surface area contributed by atoms with Crippen LogP contribution in [0, 0.1) is 6.92 Å². The number of benzene rings is 2. The molecule has 2 N–H and O–H groups in total. The fourth-order valence-corrected chi connectivity index (χ4v) is 4.72. The Kier molecular flexibility index (Phi) is 5.90. The van der Waals surface area contributed by atoms with Crippen molar-refractivity contribution in [2.24, 2.45) is 0 Å². The Morgan fingerprint density at radius 2 is 1.84 bits per heavy atom. The van der Waals surface area contributed by atoms with E-state index in [1.54, 1.807) is 18.6 Å². The van der Waals surface area contributed by atoms with Crippen molar-refractivity contribution >= 4 is 32.5 Å². The number of para-hydroxylation sites is 2. The van der Waals surface area contributed by atoms with Gasteiger partial charge in [0.1, 0.15) is 16.7 Å². The van der Waals surface area contributed by atoms with Gasteiger partial charge < -0.3 is 9.30 Å². The molecule has 0 saturated carbocycles. The van der Waals surface area contributed by atoms with Gasteiger partial charge in [0.25, 0.3) is 5.56 Å². The van der Waals surface area contributed by atoms with Crippen LogP contribution in [0.5, 0.6) is 5.75 Å². The molecular formula is C22H19N4NaO3S+2. The van der Waals surface area contributed by atoms with Crippen LogP contribution in [0.2, 0.25) is 0 Å². The van der Waals surface area contributed by atoms with Crippen LogP contribution in [0.25, 0.3) is 26.3 Å². The molecule has 9 heteroatoms. The van der Waals surface area contributed by atoms with Crippen LogP contribution in [0.4, 0.5) is 0 Å². The van der Waals surface area contributed by atoms with Gasteiger partial charge in [-0.05, 0) is 36.5 Å². The van der Waals surface area contributed by atoms with E-state index >= 15 is 0 Å². The first-order valence-electron chi connectivity index (χ1n) is 9.45. The fourth-order valence-electron chi connectivity index (χ4n) is 3.76. The number of hydrogen-bond donors (Lipinski definition) is 1. The van der Waals surface area contributed by atoms with Gasteiger partial charge in [-0.3, -0.25) is 4.79 Å². The van der Waals surface area contributed by atoms with E-state index < -0.39 is 0 Å². The Labute approximate surface area is 203 Å². The molecule has 5 aromatic rings. The number of fused-ring (bicyclic) bond motifs is 2. The van der Waals surface area contributed by atoms with E-state index in [0.29, 0.717) is 34.0 Å². The zero-order valence-corrected chi connectivity index (χ0v) is 20.2. The Hall–Kier alpha value is -2.65. The number of pyridine rings is 1. The number of aryl methyl sites for hydroxylation is 1. The summed E-state index contributed by atoms with van der Waals surface area (Å²) >= 11 is 1.48. The Bertz CT molecular complexity index is 1500. The molecule has 0 unspecified atom stereocenters. The van der Waals surface area contributed by atoms with Crippen LogP contribution in [0.1, 0.15) is 11.3 Å². The van der Waals surface area contributed by atoms with Gasteiger partial charge in [0.2, 0.25) is 0 Å². The number of ether oxygens (including phenoxy) is 1. The second-order valence-electron chi connectivity index (χ2n) is 7.04. The van der Waals surface area contributed by atoms with Crippen LogP contribution in [-0.2, 0) is 6.54 Å². The molecule has 3 aromatic heterocycles. The number of rotatable bonds is 4. The van der Waals surface area contributed by atoms with E-state index in [1.165, 1.54) is 22.1 Å². The van der Waals surface area contributed by atoms with Gasteiger partial charge in [-0.15, -0.1) is 0 Å². The zero-order valence-electron chi connectivity index (χ0n) is 17.4. The minimum Gasteiger partial charge on any atom is -0.496 e. The fraction of sp³-hybridized carbons (Fsp3) is 0.136. The smallest absolute Gasteiger partial charge is 0.496 e. The molecule has 150 valence electrons. The number of hydrogen-bond acceptors (Lipinski definition) is 4. The Morgan fingerprint density at radius 1 is 1.10 bits per heavy atom. The number of methoxy groups -OCH3 is 1. The normalized spacial score (nSPS) is 11.0. The maximum absolute atomic E-state index is 13.2. The first-order chi connectivity index (χ1) is 14.6. The molecule has 0 aliphatic carbocycles. The summed E-state index contributed by atoms with van der Waals surface area (Å²) in [7, 11) is 1.60. The molecule has 7 nitrogen and oxygen atoms in total. The predicted molar refractivity (Wildman–Crippen MR) is 117 cm³/mol. The number of aromatic amines is 2. The molecule has 0 amide bonds. The molecule has 0 saturated heterocycles. The van der Waals surface area contributed by atoms with Crippen molar-refractivity contribution < 1.29 is 39.3 Å². The van der Waals surface area contributed by atoms with Crippen molar-refractivity contribution in [1.82, 2.24) is 14.3 Å². The third-order valence-corrected chi connectivity index (χ3v) is 6.33. The van der Waals surface area contributed by atoms with E-state index in [4.69, 9.17) is 4.74 Å². The van der Waals surface area contributed by atoms with E-state index in [9.17, 15) is 9.59 Å². The number of nitrogens with zero attached hydrogens (tertiary/aromatic N) is 2. The Balaban J connectivity index is 0.00000231. The van der Waals surface area contributed by atoms with Crippen LogP contribution < -0.4 is 50.4 Å². The van der Waals surface area contributed by atoms with Crippen molar-refractivity contribution in [3.63, 3.8) is 0 Å². The van der Waals surface area contributed by atoms with Crippen LogP contribution >= 0.6 is 11.3 Å². The van der Waals surface area contributed by atoms with Crippen LogP contribution in [0.15, 0.2) is 64.2 Å². The Morgan fingerprint density at radius 3 is 2.61 bits per heavy atom. The van der Waals surface area contributed by atoms with E-state index in [2.05, 4.69) is 10.1 Å². The quantitative estimate of drug-likeness (QED) is 0.394. The van der Waals surface area contributed by atoms with E-state index in [-0.39, 0.29) is 40.7 Å². The summed E-state index contributed by atoms with van der Waals surface area (Å²) in [4.78, 5) is 29.4. The van der Waals surface area contributed by atoms with Crippen LogP contribution in [0.3, 0.4) is 0 Å². The molecule has 0 spiro atoms. The third kappa shape index (κ3) is 3.65. The molecule has 0 bridgehead atoms. The van der Waals surface area contributed by atoms with Crippen LogP contribution in [-0.4, -0.2) is 21.5 Å². The first kappa shape index (κ1) is 21.6. The molecule has 0 radical (unpaired) electrons. The van der Waals surface area contributed by atoms with Gasteiger partial charge in [-0.25, -0.2) is 14.9 Å². The molecule has 0 fully saturated rings. The van der Waals surface area contributed by atoms with Gasteiger partial charge in [0.15, 0.2) is 0 Å². The summed E-state index contributed by atoms with van der Waals surface area (Å²) in [6.45, 7) is 2.12. The average Bonchev–Trinajstić information content (AvgIpc) is 3.32. The van der Waals surface area contributed by atoms with Crippen molar-refractivity contribution in [1.29, 1.82) is 0 Å². The average molecular weight is 442 g/mol. The van der Waals surface area contributed by atoms with Gasteiger partial charge in [-0.2, -0.15) is 0 Å². The minimum atomic E-state index is -0.195. The second kappa shape index (κ2) is 8.47. The van der Waals surface area contributed by atoms with Crippen molar-refractivity contribution in [2.45, 2.75) is 13.5 Å². The molecule has 5 rings (SSSR count). The molecular weight excluding hydrogens is 423 g/mol. The topological polar surface area (TPSA) is 83.2 Å². The van der Waals surface area contributed by atoms with Gasteiger partial charge in [0, 0.05) is 17.3 Å². The summed E-state index contributed by atoms with van der Waals surface area (Å²) in [5, 5.41) is 4.24. The number of aromatic nitrogens is 4. The second-order valence-corrected chi connectivity index (χ2v) is 8.07. The number of thiazole rings is 1. The molecule has 0 aliphatic rings. The SMILES string of the molecule is COc1ccccc1Cn1c(C)c2c(=O)n(-c3[nH+]c4ccccc4s3)[nH]c2cc1=O.[Na+]. The largest absolute Gasteiger partial charge is 1.00 e. The molecule has 3 heterocycles. The predicted octanol–water partition coefficient (Wildman–Crippen LogP) is -0.121. The van der Waals surface area contributed by atoms with Gasteiger partial charge in [0.05, 0.1) is 23.9 Å². The maximum Gasteiger partial charge on any atom is 1.00 e. The zero-order chi connectivity index (χ0) is 20.8. The van der Waals surface area contributed by atoms with E-state index in [0.717, 1.165) is 15.8 Å². The minimum absolute atomic E-state index is 0. The molecule has 31 heavy (non-hydrogen) atoms. The van der Waals surface area contributed by atoms with Gasteiger partial charge in [-0.1, -0.05) is 35.0 Å². The molecule has 0 aliphatic heterocycles. The van der Waals surface area contributed by atoms with Crippen molar-refractivity contribution in [3.8, 4) is 10.9 Å². The summed E-state index contributed by atoms with van der Waals surface area (Å²) < 4.78 is 9.53. The summed E-state index contributed by atoms with van der Waals surface area (Å²) in [6.07, 6.45) is 0. The van der Waals surface area contributed by atoms with Crippen molar-refractivity contribution in [2.75, 3.05) is 7.11 Å². The van der Waals surface area contributed by atoms with Crippen molar-refractivity contribution in [3.05, 3.63) is 86.6 Å². The molecule has 2 aromatic carbocycles. The third-order valence-electron chi connectivity index (χ3n) is 5.28. The summed E-state index contributed by atoms with van der Waals surface area (Å²) in [6, 6.07) is 16.9. The summed E-state index contributed by atoms with van der Waals surface area (Å²) in [5.74, 6) is 0.704.